The molecular weight excluding hydrogens is 372 g/mol. The first-order valence-corrected chi connectivity index (χ1v) is 10.4. The van der Waals surface area contributed by atoms with Crippen LogP contribution in [0.2, 0.25) is 5.02 Å². The van der Waals surface area contributed by atoms with E-state index in [1.807, 2.05) is 67.5 Å². The van der Waals surface area contributed by atoms with Crippen molar-refractivity contribution in [1.82, 2.24) is 9.62 Å². The van der Waals surface area contributed by atoms with Gasteiger partial charge in [0.15, 0.2) is 0 Å². The molecule has 26 heavy (non-hydrogen) atoms. The summed E-state index contributed by atoms with van der Waals surface area (Å²) in [6.45, 7) is 0.266. The van der Waals surface area contributed by atoms with Gasteiger partial charge in [-0.3, -0.25) is 0 Å². The summed E-state index contributed by atoms with van der Waals surface area (Å²) >= 11 is 6.26. The predicted molar refractivity (Wildman–Crippen MR) is 106 cm³/mol. The van der Waals surface area contributed by atoms with Gasteiger partial charge in [0, 0.05) is 17.6 Å². The second-order valence-electron chi connectivity index (χ2n) is 6.27. The second kappa shape index (κ2) is 9.37. The van der Waals surface area contributed by atoms with E-state index in [1.165, 1.54) is 0 Å². The van der Waals surface area contributed by atoms with Crippen LogP contribution in [0.4, 0.5) is 0 Å². The normalized spacial score (nSPS) is 13.0. The summed E-state index contributed by atoms with van der Waals surface area (Å²) in [7, 11) is 2.01. The summed E-state index contributed by atoms with van der Waals surface area (Å²) in [5.74, 6) is 0.783. The number of ether oxygens (including phenoxy) is 1. The van der Waals surface area contributed by atoms with Crippen molar-refractivity contribution in [2.24, 2.45) is 0 Å². The molecule has 0 saturated heterocycles. The Bertz CT molecular complexity index is 808. The van der Waals surface area contributed by atoms with Crippen molar-refractivity contribution in [3.63, 3.8) is 0 Å². The molecule has 1 N–H and O–H groups in total. The van der Waals surface area contributed by atoms with Crippen LogP contribution in [0, 0.1) is 0 Å². The molecule has 0 bridgehead atoms. The molecule has 2 aromatic carbocycles. The number of likely N-dealkylation sites (N-methyl/N-ethyl adjacent to an activating group) is 1. The van der Waals surface area contributed by atoms with Crippen molar-refractivity contribution >= 4 is 21.6 Å². The molecule has 0 aliphatic rings. The molecule has 2 aromatic rings. The topological polar surface area (TPSA) is 58.6 Å². The number of nitrogens with one attached hydrogen (secondary N) is 1. The Balaban J connectivity index is 1.97. The summed E-state index contributed by atoms with van der Waals surface area (Å²) < 4.78 is 32.6. The first-order valence-electron chi connectivity index (χ1n) is 8.33. The molecule has 0 saturated carbocycles. The van der Waals surface area contributed by atoms with Gasteiger partial charge in [-0.05, 0) is 49.8 Å². The molecule has 0 aromatic heterocycles. The van der Waals surface area contributed by atoms with Crippen molar-refractivity contribution in [1.29, 1.82) is 0 Å². The van der Waals surface area contributed by atoms with Crippen LogP contribution < -0.4 is 9.46 Å². The molecule has 142 valence electrons. The van der Waals surface area contributed by atoms with E-state index in [9.17, 15) is 8.42 Å². The third-order valence-corrected chi connectivity index (χ3v) is 5.89. The van der Waals surface area contributed by atoms with Crippen LogP contribution in [-0.2, 0) is 16.4 Å². The number of sulfonamides is 1. The highest BCUT2D eigenvalue weighted by atomic mass is 35.5. The minimum absolute atomic E-state index is 0.0298. The van der Waals surface area contributed by atoms with E-state index in [-0.39, 0.29) is 18.3 Å². The molecular formula is C19H25ClN2O3S. The summed E-state index contributed by atoms with van der Waals surface area (Å²) in [5, 5.41) is 0.628. The number of halogens is 1. The van der Waals surface area contributed by atoms with Crippen LogP contribution in [0.3, 0.4) is 0 Å². The van der Waals surface area contributed by atoms with E-state index >= 15 is 0 Å². The van der Waals surface area contributed by atoms with Crippen LogP contribution in [0.15, 0.2) is 48.5 Å². The lowest BCUT2D eigenvalue weighted by Crippen LogP contribution is -2.36. The molecule has 0 aliphatic heterocycles. The highest BCUT2D eigenvalue weighted by Crippen LogP contribution is 2.25. The standard InChI is InChI=1S/C19H25ClN2O3S/c1-22(2)19(17-6-4-5-7-18(17)20)14-21-26(23,24)13-12-15-8-10-16(25-3)11-9-15/h4-11,19,21H,12-14H2,1-3H3/t19-/m0/s1. The molecule has 0 aliphatic carbocycles. The Kier molecular flexibility index (Phi) is 7.46. The van der Waals surface area contributed by atoms with Gasteiger partial charge in [-0.2, -0.15) is 0 Å². The maximum atomic E-state index is 12.4. The number of nitrogens with zero attached hydrogens (tertiary/aromatic N) is 1. The van der Waals surface area contributed by atoms with Gasteiger partial charge in [-0.15, -0.1) is 0 Å². The molecule has 7 heteroatoms. The van der Waals surface area contributed by atoms with Gasteiger partial charge in [0.05, 0.1) is 12.9 Å². The van der Waals surface area contributed by atoms with E-state index in [4.69, 9.17) is 16.3 Å². The average Bonchev–Trinajstić information content (AvgIpc) is 2.62. The first-order chi connectivity index (χ1) is 12.3. The predicted octanol–water partition coefficient (Wildman–Crippen LogP) is 3.11. The zero-order chi connectivity index (χ0) is 19.2. The van der Waals surface area contributed by atoms with Crippen molar-refractivity contribution in [3.8, 4) is 5.75 Å². The Morgan fingerprint density at radius 2 is 1.77 bits per heavy atom. The highest BCUT2D eigenvalue weighted by molar-refractivity contribution is 7.89. The van der Waals surface area contributed by atoms with Crippen LogP contribution in [0.1, 0.15) is 17.2 Å². The van der Waals surface area contributed by atoms with E-state index in [0.29, 0.717) is 11.4 Å². The minimum Gasteiger partial charge on any atom is -0.497 e. The molecule has 2 rings (SSSR count). The molecule has 0 fully saturated rings. The SMILES string of the molecule is COc1ccc(CCS(=O)(=O)NC[C@@H](c2ccccc2Cl)N(C)C)cc1. The van der Waals surface area contributed by atoms with Gasteiger partial charge < -0.3 is 9.64 Å². The van der Waals surface area contributed by atoms with E-state index in [1.54, 1.807) is 7.11 Å². The van der Waals surface area contributed by atoms with Crippen molar-refractivity contribution in [2.75, 3.05) is 33.5 Å². The maximum Gasteiger partial charge on any atom is 0.211 e. The molecule has 1 atom stereocenters. The van der Waals surface area contributed by atoms with Gasteiger partial charge in [0.2, 0.25) is 10.0 Å². The molecule has 0 heterocycles. The van der Waals surface area contributed by atoms with Gasteiger partial charge in [-0.1, -0.05) is 41.9 Å². The van der Waals surface area contributed by atoms with Crippen molar-refractivity contribution < 1.29 is 13.2 Å². The Hall–Kier alpha value is -1.60. The van der Waals surface area contributed by atoms with Crippen LogP contribution >= 0.6 is 11.6 Å². The van der Waals surface area contributed by atoms with Crippen LogP contribution in [-0.4, -0.2) is 46.8 Å². The minimum atomic E-state index is -3.40. The summed E-state index contributed by atoms with van der Waals surface area (Å²) in [6, 6.07) is 14.8. The second-order valence-corrected chi connectivity index (χ2v) is 8.60. The van der Waals surface area contributed by atoms with Gasteiger partial charge in [0.1, 0.15) is 5.75 Å². The summed E-state index contributed by atoms with van der Waals surface area (Å²) in [5.41, 5.74) is 1.85. The molecule has 5 nitrogen and oxygen atoms in total. The summed E-state index contributed by atoms with van der Waals surface area (Å²) in [6.07, 6.45) is 0.443. The van der Waals surface area contributed by atoms with Gasteiger partial charge in [-0.25, -0.2) is 13.1 Å². The highest BCUT2D eigenvalue weighted by Gasteiger charge is 2.20. The van der Waals surface area contributed by atoms with E-state index in [0.717, 1.165) is 16.9 Å². The Morgan fingerprint density at radius 3 is 2.35 bits per heavy atom. The number of benzene rings is 2. The number of aryl methyl sites for hydroxylation is 1. The van der Waals surface area contributed by atoms with Crippen LogP contribution in [0.5, 0.6) is 5.75 Å². The Morgan fingerprint density at radius 1 is 1.12 bits per heavy atom. The summed E-state index contributed by atoms with van der Waals surface area (Å²) in [4.78, 5) is 1.95. The zero-order valence-corrected chi connectivity index (χ0v) is 16.8. The van der Waals surface area contributed by atoms with E-state index in [2.05, 4.69) is 4.72 Å². The fourth-order valence-electron chi connectivity index (χ4n) is 2.64. The first kappa shape index (κ1) is 20.7. The van der Waals surface area contributed by atoms with Gasteiger partial charge in [0.25, 0.3) is 0 Å². The Labute approximate surface area is 161 Å². The van der Waals surface area contributed by atoms with Crippen molar-refractivity contribution in [3.05, 3.63) is 64.7 Å². The quantitative estimate of drug-likeness (QED) is 0.707. The molecule has 0 amide bonds. The van der Waals surface area contributed by atoms with Crippen molar-refractivity contribution in [2.45, 2.75) is 12.5 Å². The molecule has 0 unspecified atom stereocenters. The molecule has 0 spiro atoms. The fourth-order valence-corrected chi connectivity index (χ4v) is 3.96. The lowest BCUT2D eigenvalue weighted by Gasteiger charge is -2.26. The average molecular weight is 397 g/mol. The van der Waals surface area contributed by atoms with E-state index < -0.39 is 10.0 Å². The zero-order valence-electron chi connectivity index (χ0n) is 15.3. The largest absolute Gasteiger partial charge is 0.497 e. The lowest BCUT2D eigenvalue weighted by molar-refractivity contribution is 0.299. The maximum absolute atomic E-state index is 12.4. The molecule has 0 radical (unpaired) electrons. The number of hydrogen-bond donors (Lipinski definition) is 1. The number of rotatable bonds is 9. The smallest absolute Gasteiger partial charge is 0.211 e. The third-order valence-electron chi connectivity index (χ3n) is 4.20. The monoisotopic (exact) mass is 396 g/mol. The number of methoxy groups -OCH3 is 1. The van der Waals surface area contributed by atoms with Crippen LogP contribution in [0.25, 0.3) is 0 Å². The fraction of sp³-hybridized carbons (Fsp3) is 0.368. The third kappa shape index (κ3) is 5.99. The lowest BCUT2D eigenvalue weighted by atomic mass is 10.1. The number of hydrogen-bond acceptors (Lipinski definition) is 4. The van der Waals surface area contributed by atoms with Gasteiger partial charge >= 0.3 is 0 Å².